The number of carbonyl (C=O) groups is 2. The monoisotopic (exact) mass is 456 g/mol. The molecule has 0 saturated heterocycles. The van der Waals surface area contributed by atoms with Crippen LogP contribution in [-0.2, 0) is 0 Å². The molecule has 0 aliphatic carbocycles. The zero-order chi connectivity index (χ0) is 22.8. The quantitative estimate of drug-likeness (QED) is 0.303. The maximum atomic E-state index is 12.5. The summed E-state index contributed by atoms with van der Waals surface area (Å²) in [4.78, 5) is 25.0. The number of amides is 2. The second-order valence-electron chi connectivity index (χ2n) is 7.30. The Morgan fingerprint density at radius 1 is 0.667 bits per heavy atom. The molecule has 5 aromatic rings. The van der Waals surface area contributed by atoms with Crippen LogP contribution in [0.3, 0.4) is 0 Å². The Morgan fingerprint density at radius 3 is 1.97 bits per heavy atom. The van der Waals surface area contributed by atoms with E-state index in [-0.39, 0.29) is 23.3 Å². The van der Waals surface area contributed by atoms with Gasteiger partial charge in [0.2, 0.25) is 0 Å². The number of rotatable bonds is 5. The number of benzene rings is 3. The Hall–Kier alpha value is -4.29. The molecule has 5 rings (SSSR count). The number of hydrogen-bond donors (Lipinski definition) is 2. The molecule has 0 saturated carbocycles. The first kappa shape index (κ1) is 20.6. The molecule has 2 N–H and O–H groups in total. The molecule has 0 atom stereocenters. The molecule has 162 valence electrons. The summed E-state index contributed by atoms with van der Waals surface area (Å²) >= 11 is 5.91. The molecule has 0 fully saturated rings. The summed E-state index contributed by atoms with van der Waals surface area (Å²) < 4.78 is 11.3. The SMILES string of the molecule is O=C(Nc1ccc(NC(=O)c2cc3ccccc3o2)cc1)c1ccc(-c2ccc(Cl)cc2)o1. The molecule has 3 aromatic carbocycles. The predicted octanol–water partition coefficient (Wildman–Crippen LogP) is 6.85. The number of nitrogens with one attached hydrogen (secondary N) is 2. The highest BCUT2D eigenvalue weighted by atomic mass is 35.5. The average molecular weight is 457 g/mol. The zero-order valence-electron chi connectivity index (χ0n) is 17.2. The fourth-order valence-electron chi connectivity index (χ4n) is 3.35. The summed E-state index contributed by atoms with van der Waals surface area (Å²) in [6.07, 6.45) is 0. The van der Waals surface area contributed by atoms with Crippen molar-refractivity contribution in [2.45, 2.75) is 0 Å². The number of fused-ring (bicyclic) bond motifs is 1. The van der Waals surface area contributed by atoms with Gasteiger partial charge in [-0.2, -0.15) is 0 Å². The third kappa shape index (κ3) is 4.51. The van der Waals surface area contributed by atoms with E-state index in [2.05, 4.69) is 10.6 Å². The van der Waals surface area contributed by atoms with Crippen molar-refractivity contribution < 1.29 is 18.4 Å². The standard InChI is InChI=1S/C26H17ClN2O4/c27-18-7-5-16(6-8-18)22-13-14-23(32-22)25(30)28-19-9-11-20(12-10-19)29-26(31)24-15-17-3-1-2-4-21(17)33-24/h1-15H,(H,28,30)(H,29,31). The van der Waals surface area contributed by atoms with Gasteiger partial charge in [-0.05, 0) is 72.8 Å². The summed E-state index contributed by atoms with van der Waals surface area (Å²) in [5, 5.41) is 7.05. The molecular weight excluding hydrogens is 440 g/mol. The summed E-state index contributed by atoms with van der Waals surface area (Å²) in [6.45, 7) is 0. The minimum absolute atomic E-state index is 0.183. The lowest BCUT2D eigenvalue weighted by Crippen LogP contribution is -2.12. The van der Waals surface area contributed by atoms with Crippen LogP contribution in [0.1, 0.15) is 21.1 Å². The third-order valence-electron chi connectivity index (χ3n) is 5.01. The zero-order valence-corrected chi connectivity index (χ0v) is 17.9. The first-order valence-corrected chi connectivity index (χ1v) is 10.5. The van der Waals surface area contributed by atoms with E-state index in [1.54, 1.807) is 60.7 Å². The van der Waals surface area contributed by atoms with Crippen LogP contribution in [-0.4, -0.2) is 11.8 Å². The van der Waals surface area contributed by atoms with Crippen LogP contribution < -0.4 is 10.6 Å². The van der Waals surface area contributed by atoms with E-state index in [4.69, 9.17) is 20.4 Å². The van der Waals surface area contributed by atoms with Gasteiger partial charge in [-0.3, -0.25) is 9.59 Å². The van der Waals surface area contributed by atoms with Crippen molar-refractivity contribution in [1.82, 2.24) is 0 Å². The molecule has 0 spiro atoms. The molecule has 7 heteroatoms. The minimum Gasteiger partial charge on any atom is -0.451 e. The second-order valence-corrected chi connectivity index (χ2v) is 7.74. The lowest BCUT2D eigenvalue weighted by Gasteiger charge is -2.06. The molecule has 2 heterocycles. The molecule has 0 radical (unpaired) electrons. The maximum Gasteiger partial charge on any atom is 0.291 e. The molecule has 0 bridgehead atoms. The van der Waals surface area contributed by atoms with Crippen LogP contribution in [0.5, 0.6) is 0 Å². The number of para-hydroxylation sites is 1. The highest BCUT2D eigenvalue weighted by Gasteiger charge is 2.14. The van der Waals surface area contributed by atoms with E-state index in [0.29, 0.717) is 27.7 Å². The van der Waals surface area contributed by atoms with Gasteiger partial charge in [-0.1, -0.05) is 29.8 Å². The molecule has 2 amide bonds. The molecule has 33 heavy (non-hydrogen) atoms. The van der Waals surface area contributed by atoms with Crippen LogP contribution in [0.2, 0.25) is 5.02 Å². The van der Waals surface area contributed by atoms with Crippen molar-refractivity contribution >= 4 is 45.8 Å². The number of halogens is 1. The van der Waals surface area contributed by atoms with Crippen molar-refractivity contribution in [1.29, 1.82) is 0 Å². The van der Waals surface area contributed by atoms with Crippen molar-refractivity contribution in [2.75, 3.05) is 10.6 Å². The Labute approximate surface area is 193 Å². The number of anilines is 2. The van der Waals surface area contributed by atoms with Crippen molar-refractivity contribution in [3.05, 3.63) is 108 Å². The molecule has 0 aliphatic heterocycles. The molecule has 6 nitrogen and oxygen atoms in total. The normalized spacial score (nSPS) is 10.8. The second kappa shape index (κ2) is 8.68. The first-order chi connectivity index (χ1) is 16.0. The number of hydrogen-bond acceptors (Lipinski definition) is 4. The van der Waals surface area contributed by atoms with E-state index in [9.17, 15) is 9.59 Å². The van der Waals surface area contributed by atoms with Crippen LogP contribution in [0, 0.1) is 0 Å². The lowest BCUT2D eigenvalue weighted by atomic mass is 10.2. The fraction of sp³-hybridized carbons (Fsp3) is 0. The molecular formula is C26H17ClN2O4. The van der Waals surface area contributed by atoms with Gasteiger partial charge >= 0.3 is 0 Å². The Balaban J connectivity index is 1.23. The van der Waals surface area contributed by atoms with Crippen molar-refractivity contribution in [3.8, 4) is 11.3 Å². The topological polar surface area (TPSA) is 84.5 Å². The van der Waals surface area contributed by atoms with Crippen LogP contribution in [0.4, 0.5) is 11.4 Å². The van der Waals surface area contributed by atoms with Crippen LogP contribution >= 0.6 is 11.6 Å². The molecule has 0 aliphatic rings. The Morgan fingerprint density at radius 2 is 1.30 bits per heavy atom. The highest BCUT2D eigenvalue weighted by molar-refractivity contribution is 6.30. The van der Waals surface area contributed by atoms with Gasteiger partial charge in [0, 0.05) is 27.3 Å². The van der Waals surface area contributed by atoms with E-state index in [0.717, 1.165) is 10.9 Å². The van der Waals surface area contributed by atoms with E-state index >= 15 is 0 Å². The smallest absolute Gasteiger partial charge is 0.291 e. The third-order valence-corrected chi connectivity index (χ3v) is 5.26. The molecule has 0 unspecified atom stereocenters. The Kier molecular flexibility index (Phi) is 5.42. The fourth-order valence-corrected chi connectivity index (χ4v) is 3.47. The predicted molar refractivity (Wildman–Crippen MR) is 128 cm³/mol. The van der Waals surface area contributed by atoms with Gasteiger partial charge in [0.25, 0.3) is 11.8 Å². The van der Waals surface area contributed by atoms with Crippen molar-refractivity contribution in [3.63, 3.8) is 0 Å². The van der Waals surface area contributed by atoms with Gasteiger partial charge in [0.05, 0.1) is 0 Å². The minimum atomic E-state index is -0.380. The largest absolute Gasteiger partial charge is 0.451 e. The number of furan rings is 2. The van der Waals surface area contributed by atoms with Gasteiger partial charge in [-0.15, -0.1) is 0 Å². The average Bonchev–Trinajstić information content (AvgIpc) is 3.49. The maximum absolute atomic E-state index is 12.5. The van der Waals surface area contributed by atoms with Gasteiger partial charge < -0.3 is 19.5 Å². The summed E-state index contributed by atoms with van der Waals surface area (Å²) in [7, 11) is 0. The van der Waals surface area contributed by atoms with Crippen LogP contribution in [0.15, 0.2) is 99.8 Å². The van der Waals surface area contributed by atoms with E-state index < -0.39 is 0 Å². The van der Waals surface area contributed by atoms with Crippen molar-refractivity contribution in [2.24, 2.45) is 0 Å². The lowest BCUT2D eigenvalue weighted by molar-refractivity contribution is 0.0990. The summed E-state index contributed by atoms with van der Waals surface area (Å²) in [5.41, 5.74) is 2.61. The number of carbonyl (C=O) groups excluding carboxylic acids is 2. The molecule has 2 aromatic heterocycles. The van der Waals surface area contributed by atoms with Crippen LogP contribution in [0.25, 0.3) is 22.3 Å². The summed E-state index contributed by atoms with van der Waals surface area (Å²) in [5.74, 6) is 0.244. The highest BCUT2D eigenvalue weighted by Crippen LogP contribution is 2.25. The van der Waals surface area contributed by atoms with Gasteiger partial charge in [0.15, 0.2) is 11.5 Å². The van der Waals surface area contributed by atoms with Gasteiger partial charge in [0.1, 0.15) is 11.3 Å². The van der Waals surface area contributed by atoms with Gasteiger partial charge in [-0.25, -0.2) is 0 Å². The van der Waals surface area contributed by atoms with E-state index in [1.807, 2.05) is 30.3 Å². The Bertz CT molecular complexity index is 1420. The summed E-state index contributed by atoms with van der Waals surface area (Å²) in [6, 6.07) is 26.4. The first-order valence-electron chi connectivity index (χ1n) is 10.1. The van der Waals surface area contributed by atoms with E-state index in [1.165, 1.54) is 0 Å².